The van der Waals surface area contributed by atoms with Crippen LogP contribution >= 0.6 is 0 Å². The van der Waals surface area contributed by atoms with Crippen LogP contribution in [0.25, 0.3) is 0 Å². The summed E-state index contributed by atoms with van der Waals surface area (Å²) in [5.41, 5.74) is 0. The third-order valence-corrected chi connectivity index (χ3v) is 4.52. The monoisotopic (exact) mass is 202 g/mol. The highest BCUT2D eigenvalue weighted by atomic mass is 32.2. The lowest BCUT2D eigenvalue weighted by molar-refractivity contribution is 0.106. The zero-order chi connectivity index (χ0) is 9.26. The third-order valence-electron chi connectivity index (χ3n) is 3.40. The van der Waals surface area contributed by atoms with Crippen molar-refractivity contribution >= 4 is 11.0 Å². The average molecular weight is 202 g/mol. The van der Waals surface area contributed by atoms with Crippen molar-refractivity contribution in [1.29, 1.82) is 0 Å². The fourth-order valence-electron chi connectivity index (χ4n) is 2.23. The Labute approximate surface area is 82.3 Å². The quantitative estimate of drug-likeness (QED) is 0.714. The predicted molar refractivity (Wildman–Crippen MR) is 54.6 cm³/mol. The Morgan fingerprint density at radius 1 is 1.15 bits per heavy atom. The Balaban J connectivity index is 1.78. The highest BCUT2D eigenvalue weighted by Gasteiger charge is 2.29. The molecule has 0 radical (unpaired) electrons. The zero-order valence-corrected chi connectivity index (χ0v) is 8.76. The number of nitrogens with two attached hydrogens (primary N) is 1. The van der Waals surface area contributed by atoms with Crippen molar-refractivity contribution in [3.8, 4) is 0 Å². The van der Waals surface area contributed by atoms with Crippen molar-refractivity contribution in [2.24, 2.45) is 5.14 Å². The zero-order valence-electron chi connectivity index (χ0n) is 7.95. The number of piperidine rings is 1. The summed E-state index contributed by atoms with van der Waals surface area (Å²) in [5.74, 6) is 0. The second-order valence-corrected chi connectivity index (χ2v) is 5.47. The molecule has 0 amide bonds. The number of nitrogens with zero attached hydrogens (tertiary/aromatic N) is 1. The summed E-state index contributed by atoms with van der Waals surface area (Å²) in [6.45, 7) is 2.22. The second-order valence-electron chi connectivity index (χ2n) is 4.15. The molecule has 0 aromatic heterocycles. The van der Waals surface area contributed by atoms with E-state index in [1.165, 1.54) is 19.3 Å². The summed E-state index contributed by atoms with van der Waals surface area (Å²) in [7, 11) is -1.09. The fourth-order valence-corrected chi connectivity index (χ4v) is 2.90. The van der Waals surface area contributed by atoms with Gasteiger partial charge in [-0.1, -0.05) is 6.42 Å². The molecule has 4 heteroatoms. The summed E-state index contributed by atoms with van der Waals surface area (Å²) in [6.07, 6.45) is 6.19. The van der Waals surface area contributed by atoms with Gasteiger partial charge in [0.25, 0.3) is 0 Å². The lowest BCUT2D eigenvalue weighted by Gasteiger charge is -2.41. The molecule has 76 valence electrons. The van der Waals surface area contributed by atoms with Gasteiger partial charge in [-0.3, -0.25) is 5.14 Å². The van der Waals surface area contributed by atoms with Gasteiger partial charge in [-0.05, 0) is 38.8 Å². The first-order chi connectivity index (χ1) is 6.27. The van der Waals surface area contributed by atoms with Crippen LogP contribution in [0.4, 0.5) is 0 Å². The van der Waals surface area contributed by atoms with Gasteiger partial charge in [-0.2, -0.15) is 0 Å². The first kappa shape index (κ1) is 9.62. The first-order valence-electron chi connectivity index (χ1n) is 5.16. The largest absolute Gasteiger partial charge is 0.300 e. The van der Waals surface area contributed by atoms with Crippen molar-refractivity contribution in [2.75, 3.05) is 13.1 Å². The summed E-state index contributed by atoms with van der Waals surface area (Å²) >= 11 is 0. The second kappa shape index (κ2) is 4.07. The van der Waals surface area contributed by atoms with E-state index in [-0.39, 0.29) is 5.25 Å². The molecule has 2 aliphatic rings. The Morgan fingerprint density at radius 3 is 2.15 bits per heavy atom. The van der Waals surface area contributed by atoms with Crippen molar-refractivity contribution in [2.45, 2.75) is 43.4 Å². The predicted octanol–water partition coefficient (Wildman–Crippen LogP) is 0.626. The van der Waals surface area contributed by atoms with Crippen LogP contribution in [0, 0.1) is 0 Å². The molecule has 3 nitrogen and oxygen atoms in total. The van der Waals surface area contributed by atoms with E-state index < -0.39 is 11.0 Å². The summed E-state index contributed by atoms with van der Waals surface area (Å²) in [5, 5.41) is 5.65. The molecule has 2 N–H and O–H groups in total. The Hall–Kier alpha value is 0.0700. The third kappa shape index (κ3) is 2.11. The van der Waals surface area contributed by atoms with Crippen LogP contribution in [-0.2, 0) is 11.0 Å². The number of hydrogen-bond acceptors (Lipinski definition) is 2. The lowest BCUT2D eigenvalue weighted by atomic mass is 9.90. The Kier molecular flexibility index (Phi) is 3.01. The summed E-state index contributed by atoms with van der Waals surface area (Å²) in [6, 6.07) is 0.840. The molecule has 0 aromatic carbocycles. The minimum absolute atomic E-state index is 0.260. The smallest absolute Gasteiger partial charge is 0.0920 e. The number of rotatable bonds is 2. The molecule has 1 aliphatic heterocycles. The van der Waals surface area contributed by atoms with Crippen LogP contribution in [-0.4, -0.2) is 33.5 Å². The van der Waals surface area contributed by atoms with Gasteiger partial charge in [-0.15, -0.1) is 0 Å². The molecule has 2 rings (SSSR count). The van der Waals surface area contributed by atoms with Crippen molar-refractivity contribution < 1.29 is 4.21 Å². The fraction of sp³-hybridized carbons (Fsp3) is 1.00. The van der Waals surface area contributed by atoms with Crippen molar-refractivity contribution in [3.63, 3.8) is 0 Å². The molecular weight excluding hydrogens is 184 g/mol. The molecule has 1 heterocycles. The Bertz CT molecular complexity index is 198. The van der Waals surface area contributed by atoms with Crippen LogP contribution < -0.4 is 5.14 Å². The van der Waals surface area contributed by atoms with Gasteiger partial charge in [0.2, 0.25) is 0 Å². The SMILES string of the molecule is NS(=O)C1CCN(C2CCC2)CC1. The minimum atomic E-state index is -1.09. The standard InChI is InChI=1S/C9H18N2OS/c10-13(12)9-4-6-11(7-5-9)8-2-1-3-8/h8-9H,1-7,10H2. The normalized spacial score (nSPS) is 29.9. The molecule has 13 heavy (non-hydrogen) atoms. The van der Waals surface area contributed by atoms with E-state index >= 15 is 0 Å². The van der Waals surface area contributed by atoms with Gasteiger partial charge in [0.15, 0.2) is 0 Å². The van der Waals surface area contributed by atoms with Gasteiger partial charge in [0.05, 0.1) is 16.2 Å². The molecular formula is C9H18N2OS. The maximum Gasteiger partial charge on any atom is 0.0920 e. The Morgan fingerprint density at radius 2 is 1.77 bits per heavy atom. The van der Waals surface area contributed by atoms with Crippen LogP contribution in [0.5, 0.6) is 0 Å². The molecule has 1 saturated carbocycles. The van der Waals surface area contributed by atoms with Gasteiger partial charge in [-0.25, -0.2) is 4.21 Å². The van der Waals surface area contributed by atoms with E-state index in [0.717, 1.165) is 32.0 Å². The van der Waals surface area contributed by atoms with Crippen LogP contribution in [0.1, 0.15) is 32.1 Å². The van der Waals surface area contributed by atoms with E-state index in [1.807, 2.05) is 0 Å². The van der Waals surface area contributed by atoms with E-state index in [4.69, 9.17) is 5.14 Å². The maximum absolute atomic E-state index is 11.0. The number of likely N-dealkylation sites (tertiary alicyclic amines) is 1. The van der Waals surface area contributed by atoms with Gasteiger partial charge >= 0.3 is 0 Å². The van der Waals surface area contributed by atoms with Gasteiger partial charge < -0.3 is 4.90 Å². The molecule has 1 unspecified atom stereocenters. The summed E-state index contributed by atoms with van der Waals surface area (Å²) in [4.78, 5) is 2.55. The molecule has 2 fully saturated rings. The van der Waals surface area contributed by atoms with Gasteiger partial charge in [0.1, 0.15) is 0 Å². The highest BCUT2D eigenvalue weighted by Crippen LogP contribution is 2.27. The van der Waals surface area contributed by atoms with Crippen molar-refractivity contribution in [1.82, 2.24) is 4.90 Å². The van der Waals surface area contributed by atoms with E-state index in [2.05, 4.69) is 4.90 Å². The van der Waals surface area contributed by atoms with Crippen LogP contribution in [0.3, 0.4) is 0 Å². The highest BCUT2D eigenvalue weighted by molar-refractivity contribution is 7.83. The van der Waals surface area contributed by atoms with E-state index in [9.17, 15) is 4.21 Å². The molecule has 0 bridgehead atoms. The van der Waals surface area contributed by atoms with Gasteiger partial charge in [0, 0.05) is 6.04 Å². The van der Waals surface area contributed by atoms with Crippen LogP contribution in [0.2, 0.25) is 0 Å². The molecule has 1 saturated heterocycles. The average Bonchev–Trinajstić information content (AvgIpc) is 2.02. The van der Waals surface area contributed by atoms with Crippen LogP contribution in [0.15, 0.2) is 0 Å². The lowest BCUT2D eigenvalue weighted by Crippen LogP contribution is -2.47. The van der Waals surface area contributed by atoms with E-state index in [1.54, 1.807) is 0 Å². The topological polar surface area (TPSA) is 46.3 Å². The first-order valence-corrected chi connectivity index (χ1v) is 6.44. The molecule has 0 spiro atoms. The molecule has 0 aromatic rings. The van der Waals surface area contributed by atoms with E-state index in [0.29, 0.717) is 0 Å². The number of hydrogen-bond donors (Lipinski definition) is 1. The molecule has 1 atom stereocenters. The maximum atomic E-state index is 11.0. The van der Waals surface area contributed by atoms with Crippen molar-refractivity contribution in [3.05, 3.63) is 0 Å². The molecule has 1 aliphatic carbocycles. The minimum Gasteiger partial charge on any atom is -0.300 e. The summed E-state index contributed by atoms with van der Waals surface area (Å²) < 4.78 is 11.0.